The van der Waals surface area contributed by atoms with E-state index in [-0.39, 0.29) is 17.9 Å². The van der Waals surface area contributed by atoms with E-state index in [9.17, 15) is 9.59 Å². The van der Waals surface area contributed by atoms with Crippen molar-refractivity contribution in [1.29, 1.82) is 0 Å². The molecule has 0 radical (unpaired) electrons. The molecular formula is C23H31N3O5. The number of aromatic nitrogens is 1. The molecular weight excluding hydrogens is 398 g/mol. The maximum atomic E-state index is 13.6. The molecule has 1 aliphatic heterocycles. The van der Waals surface area contributed by atoms with Gasteiger partial charge in [0.05, 0.1) is 32.9 Å². The van der Waals surface area contributed by atoms with E-state index >= 15 is 0 Å². The summed E-state index contributed by atoms with van der Waals surface area (Å²) in [7, 11) is 4.80. The average Bonchev–Trinajstić information content (AvgIpc) is 3.41. The third-order valence-electron chi connectivity index (χ3n) is 6.65. The molecule has 0 bridgehead atoms. The van der Waals surface area contributed by atoms with Crippen molar-refractivity contribution >= 4 is 22.7 Å². The number of amides is 2. The quantitative estimate of drug-likeness (QED) is 0.732. The molecule has 1 aliphatic carbocycles. The zero-order chi connectivity index (χ0) is 22.2. The molecule has 168 valence electrons. The summed E-state index contributed by atoms with van der Waals surface area (Å²) in [4.78, 5) is 28.8. The monoisotopic (exact) mass is 429 g/mol. The van der Waals surface area contributed by atoms with Gasteiger partial charge in [-0.05, 0) is 38.0 Å². The Morgan fingerprint density at radius 2 is 1.84 bits per heavy atom. The predicted molar refractivity (Wildman–Crippen MR) is 117 cm³/mol. The van der Waals surface area contributed by atoms with Gasteiger partial charge >= 0.3 is 0 Å². The Labute approximate surface area is 182 Å². The van der Waals surface area contributed by atoms with Crippen molar-refractivity contribution in [1.82, 2.24) is 14.8 Å². The Hall–Kier alpha value is -2.74. The van der Waals surface area contributed by atoms with E-state index < -0.39 is 5.54 Å². The first-order valence-corrected chi connectivity index (χ1v) is 10.8. The molecule has 8 heteroatoms. The van der Waals surface area contributed by atoms with Crippen molar-refractivity contribution in [3.05, 3.63) is 23.9 Å². The summed E-state index contributed by atoms with van der Waals surface area (Å²) in [6.07, 6.45) is 4.21. The summed E-state index contributed by atoms with van der Waals surface area (Å²) < 4.78 is 18.3. The summed E-state index contributed by atoms with van der Waals surface area (Å²) in [5, 5.41) is 3.98. The molecule has 31 heavy (non-hydrogen) atoms. The summed E-state index contributed by atoms with van der Waals surface area (Å²) in [5.74, 6) is 0.968. The first-order valence-electron chi connectivity index (χ1n) is 10.8. The van der Waals surface area contributed by atoms with Gasteiger partial charge in [0.2, 0.25) is 5.91 Å². The fourth-order valence-corrected chi connectivity index (χ4v) is 4.90. The lowest BCUT2D eigenvalue weighted by Gasteiger charge is -2.44. The normalized spacial score (nSPS) is 21.4. The van der Waals surface area contributed by atoms with Crippen molar-refractivity contribution in [3.63, 3.8) is 0 Å². The van der Waals surface area contributed by atoms with Crippen LogP contribution in [0.3, 0.4) is 0 Å². The number of hydrogen-bond donors (Lipinski definition) is 1. The number of carbonyl (C=O) groups excluding carboxylic acids is 2. The van der Waals surface area contributed by atoms with Gasteiger partial charge in [0.25, 0.3) is 5.91 Å². The summed E-state index contributed by atoms with van der Waals surface area (Å²) in [6.45, 7) is 2.85. The molecule has 0 saturated heterocycles. The lowest BCUT2D eigenvalue weighted by Crippen LogP contribution is -2.65. The van der Waals surface area contributed by atoms with Crippen LogP contribution in [0.4, 0.5) is 0 Å². The SMILES string of the molecule is COCCN1C(=O)c2cc3c(OC)ccc(OC)c3n2C[C@@]1(C)C(=O)NC1CCCC1. The van der Waals surface area contributed by atoms with Gasteiger partial charge in [-0.15, -0.1) is 0 Å². The van der Waals surface area contributed by atoms with Gasteiger partial charge in [0.15, 0.2) is 0 Å². The molecule has 2 aromatic rings. The summed E-state index contributed by atoms with van der Waals surface area (Å²) >= 11 is 0. The highest BCUT2D eigenvalue weighted by Crippen LogP contribution is 2.40. The summed E-state index contributed by atoms with van der Waals surface area (Å²) in [5.41, 5.74) is 0.224. The van der Waals surface area contributed by atoms with Crippen molar-refractivity contribution in [3.8, 4) is 11.5 Å². The number of fused-ring (bicyclic) bond motifs is 3. The van der Waals surface area contributed by atoms with E-state index in [1.54, 1.807) is 26.2 Å². The first kappa shape index (κ1) is 21.5. The average molecular weight is 430 g/mol. The third kappa shape index (κ3) is 3.52. The number of benzene rings is 1. The highest BCUT2D eigenvalue weighted by Gasteiger charge is 2.48. The van der Waals surface area contributed by atoms with Crippen LogP contribution in [0.1, 0.15) is 43.1 Å². The largest absolute Gasteiger partial charge is 0.496 e. The number of methoxy groups -OCH3 is 3. The Kier molecular flexibility index (Phi) is 5.83. The van der Waals surface area contributed by atoms with Gasteiger partial charge in [-0.3, -0.25) is 9.59 Å². The van der Waals surface area contributed by atoms with Crippen LogP contribution >= 0.6 is 0 Å². The molecule has 0 spiro atoms. The maximum absolute atomic E-state index is 13.6. The highest BCUT2D eigenvalue weighted by molar-refractivity contribution is 6.05. The molecule has 2 aliphatic rings. The zero-order valence-electron chi connectivity index (χ0n) is 18.7. The minimum absolute atomic E-state index is 0.127. The predicted octanol–water partition coefficient (Wildman–Crippen LogP) is 2.58. The molecule has 2 amide bonds. The topological polar surface area (TPSA) is 82.0 Å². The Balaban J connectivity index is 1.82. The second-order valence-electron chi connectivity index (χ2n) is 8.53. The fraction of sp³-hybridized carbons (Fsp3) is 0.565. The number of ether oxygens (including phenoxy) is 3. The molecule has 1 N–H and O–H groups in total. The second-order valence-corrected chi connectivity index (χ2v) is 8.53. The van der Waals surface area contributed by atoms with Crippen LogP contribution in [-0.4, -0.2) is 67.3 Å². The van der Waals surface area contributed by atoms with E-state index in [0.717, 1.165) is 36.6 Å². The van der Waals surface area contributed by atoms with E-state index in [4.69, 9.17) is 14.2 Å². The van der Waals surface area contributed by atoms with Crippen molar-refractivity contribution in [2.45, 2.75) is 50.7 Å². The van der Waals surface area contributed by atoms with Crippen molar-refractivity contribution in [2.24, 2.45) is 0 Å². The van der Waals surface area contributed by atoms with Gasteiger partial charge in [-0.2, -0.15) is 0 Å². The standard InChI is InChI=1S/C23H31N3O5/c1-23(22(28)24-15-7-5-6-8-15)14-25-17(21(27)26(23)11-12-29-2)13-16-18(30-3)9-10-19(31-4)20(16)25/h9-10,13,15H,5-8,11-12,14H2,1-4H3,(H,24,28)/t23-/m0/s1. The van der Waals surface area contributed by atoms with Gasteiger partial charge < -0.3 is 29.0 Å². The van der Waals surface area contributed by atoms with E-state index in [2.05, 4.69) is 5.32 Å². The molecule has 0 unspecified atom stereocenters. The lowest BCUT2D eigenvalue weighted by molar-refractivity contribution is -0.133. The molecule has 1 atom stereocenters. The molecule has 1 aromatic heterocycles. The van der Waals surface area contributed by atoms with Gasteiger partial charge in [0.1, 0.15) is 22.7 Å². The molecule has 1 aromatic carbocycles. The van der Waals surface area contributed by atoms with Crippen LogP contribution in [0.25, 0.3) is 10.9 Å². The minimum Gasteiger partial charge on any atom is -0.496 e. The van der Waals surface area contributed by atoms with E-state index in [1.165, 1.54) is 0 Å². The Morgan fingerprint density at radius 1 is 1.16 bits per heavy atom. The molecule has 1 saturated carbocycles. The van der Waals surface area contributed by atoms with Crippen LogP contribution in [-0.2, 0) is 16.1 Å². The second kappa shape index (κ2) is 8.42. The van der Waals surface area contributed by atoms with Crippen LogP contribution < -0.4 is 14.8 Å². The maximum Gasteiger partial charge on any atom is 0.271 e. The molecule has 1 fully saturated rings. The van der Waals surface area contributed by atoms with Crippen molar-refractivity contribution < 1.29 is 23.8 Å². The van der Waals surface area contributed by atoms with E-state index in [0.29, 0.717) is 36.9 Å². The zero-order valence-corrected chi connectivity index (χ0v) is 18.7. The van der Waals surface area contributed by atoms with Crippen LogP contribution in [0.2, 0.25) is 0 Å². The van der Waals surface area contributed by atoms with E-state index in [1.807, 2.05) is 29.7 Å². The first-order chi connectivity index (χ1) is 14.9. The molecule has 8 nitrogen and oxygen atoms in total. The highest BCUT2D eigenvalue weighted by atomic mass is 16.5. The number of nitrogens with zero attached hydrogens (tertiary/aromatic N) is 2. The summed E-state index contributed by atoms with van der Waals surface area (Å²) in [6, 6.07) is 5.65. The smallest absolute Gasteiger partial charge is 0.271 e. The number of carbonyl (C=O) groups is 2. The molecule has 4 rings (SSSR count). The van der Waals surface area contributed by atoms with Crippen LogP contribution in [0, 0.1) is 0 Å². The van der Waals surface area contributed by atoms with Gasteiger partial charge in [-0.1, -0.05) is 12.8 Å². The van der Waals surface area contributed by atoms with Gasteiger partial charge in [0, 0.05) is 25.1 Å². The minimum atomic E-state index is -1.05. The van der Waals surface area contributed by atoms with Crippen LogP contribution in [0.15, 0.2) is 18.2 Å². The van der Waals surface area contributed by atoms with Crippen molar-refractivity contribution in [2.75, 3.05) is 34.5 Å². The number of hydrogen-bond acceptors (Lipinski definition) is 5. The van der Waals surface area contributed by atoms with Crippen LogP contribution in [0.5, 0.6) is 11.5 Å². The fourth-order valence-electron chi connectivity index (χ4n) is 4.90. The Morgan fingerprint density at radius 3 is 2.48 bits per heavy atom. The number of rotatable bonds is 7. The van der Waals surface area contributed by atoms with Gasteiger partial charge in [-0.25, -0.2) is 0 Å². The number of nitrogens with one attached hydrogen (secondary N) is 1. The third-order valence-corrected chi connectivity index (χ3v) is 6.65. The molecule has 2 heterocycles. The lowest BCUT2D eigenvalue weighted by atomic mass is 9.94. The Bertz CT molecular complexity index is 995.